The maximum Gasteiger partial charge on any atom is 0.419 e. The summed E-state index contributed by atoms with van der Waals surface area (Å²) in [5, 5.41) is 2.75. The highest BCUT2D eigenvalue weighted by Gasteiger charge is 2.36. The molecule has 1 N–H and O–H groups in total. The Labute approximate surface area is 161 Å². The lowest BCUT2D eigenvalue weighted by Crippen LogP contribution is -2.27. The van der Waals surface area contributed by atoms with E-state index in [1.54, 1.807) is 6.07 Å². The average molecular weight is 394 g/mol. The summed E-state index contributed by atoms with van der Waals surface area (Å²) in [6, 6.07) is 7.39. The third-order valence-corrected chi connectivity index (χ3v) is 4.78. The van der Waals surface area contributed by atoms with Crippen LogP contribution in [0.5, 0.6) is 11.5 Å². The average Bonchev–Trinajstić information content (AvgIpc) is 2.65. The fourth-order valence-corrected chi connectivity index (χ4v) is 3.36. The number of nitrogens with one attached hydrogen (secondary N) is 1. The van der Waals surface area contributed by atoms with Crippen molar-refractivity contribution in [3.8, 4) is 11.5 Å². The molecule has 0 spiro atoms. The van der Waals surface area contributed by atoms with Gasteiger partial charge in [0.25, 0.3) is 5.91 Å². The van der Waals surface area contributed by atoms with E-state index in [0.29, 0.717) is 5.69 Å². The summed E-state index contributed by atoms with van der Waals surface area (Å²) >= 11 is 0. The number of likely N-dealkylation sites (N-methyl/N-ethyl adjacent to an activating group) is 1. The first-order valence-electron chi connectivity index (χ1n) is 8.68. The minimum atomic E-state index is -4.66. The van der Waals surface area contributed by atoms with Crippen LogP contribution in [0.1, 0.15) is 27.0 Å². The van der Waals surface area contributed by atoms with Gasteiger partial charge in [-0.2, -0.15) is 13.2 Å². The van der Waals surface area contributed by atoms with Crippen molar-refractivity contribution in [1.29, 1.82) is 0 Å². The quantitative estimate of drug-likeness (QED) is 0.853. The van der Waals surface area contributed by atoms with Crippen LogP contribution in [-0.2, 0) is 19.1 Å². The molecular formula is C20H21F3N2O3. The molecule has 0 fully saturated rings. The van der Waals surface area contributed by atoms with Crippen LogP contribution in [0.15, 0.2) is 30.3 Å². The topological polar surface area (TPSA) is 50.8 Å². The predicted octanol–water partition coefficient (Wildman–Crippen LogP) is 3.96. The van der Waals surface area contributed by atoms with Crippen LogP contribution in [0, 0.1) is 0 Å². The molecule has 1 amide bonds. The normalized spacial score (nSPS) is 14.4. The van der Waals surface area contributed by atoms with Crippen LogP contribution in [0.4, 0.5) is 18.9 Å². The molecule has 2 aromatic rings. The van der Waals surface area contributed by atoms with Gasteiger partial charge in [-0.3, -0.25) is 4.79 Å². The highest BCUT2D eigenvalue weighted by atomic mass is 19.4. The maximum atomic E-state index is 13.3. The van der Waals surface area contributed by atoms with Gasteiger partial charge in [0.1, 0.15) is 11.5 Å². The highest BCUT2D eigenvalue weighted by molar-refractivity contribution is 6.07. The second kappa shape index (κ2) is 7.71. The van der Waals surface area contributed by atoms with Crippen LogP contribution in [-0.4, -0.2) is 38.6 Å². The molecule has 0 unspecified atom stereocenters. The van der Waals surface area contributed by atoms with Gasteiger partial charge in [0.2, 0.25) is 0 Å². The van der Waals surface area contributed by atoms with Gasteiger partial charge in [0.15, 0.2) is 0 Å². The molecule has 150 valence electrons. The van der Waals surface area contributed by atoms with E-state index >= 15 is 0 Å². The number of ether oxygens (including phenoxy) is 2. The molecule has 1 aliphatic heterocycles. The zero-order chi connectivity index (χ0) is 20.5. The third kappa shape index (κ3) is 3.91. The number of benzene rings is 2. The summed E-state index contributed by atoms with van der Waals surface area (Å²) in [4.78, 5) is 15.0. The Hall–Kier alpha value is -2.74. The van der Waals surface area contributed by atoms with E-state index in [9.17, 15) is 18.0 Å². The van der Waals surface area contributed by atoms with Gasteiger partial charge in [-0.15, -0.1) is 0 Å². The summed E-state index contributed by atoms with van der Waals surface area (Å²) in [5.41, 5.74) is 1.45. The number of fused-ring (bicyclic) bond motifs is 1. The van der Waals surface area contributed by atoms with E-state index in [1.165, 1.54) is 7.11 Å². The second-order valence-electron chi connectivity index (χ2n) is 6.64. The number of carbonyl (C=O) groups excluding carboxylic acids is 1. The standard InChI is InChI=1S/C20H21F3N2O3/c1-25-8-7-13-12(11-25)5-4-6-16(13)24-19(26)14-9-15(20(21,22)23)18(28-3)10-17(14)27-2/h4-6,9-10H,7-8,11H2,1-3H3,(H,24,26). The Morgan fingerprint density at radius 1 is 1.14 bits per heavy atom. The number of methoxy groups -OCH3 is 2. The van der Waals surface area contributed by atoms with Crippen LogP contribution >= 0.6 is 0 Å². The number of alkyl halides is 3. The molecule has 0 saturated carbocycles. The highest BCUT2D eigenvalue weighted by Crippen LogP contribution is 2.40. The van der Waals surface area contributed by atoms with Gasteiger partial charge >= 0.3 is 6.18 Å². The van der Waals surface area contributed by atoms with Crippen LogP contribution in [0.25, 0.3) is 0 Å². The minimum Gasteiger partial charge on any atom is -0.496 e. The molecule has 0 atom stereocenters. The fraction of sp³-hybridized carbons (Fsp3) is 0.350. The first kappa shape index (κ1) is 20.0. The van der Waals surface area contributed by atoms with E-state index < -0.39 is 23.4 Å². The molecule has 8 heteroatoms. The molecule has 1 heterocycles. The van der Waals surface area contributed by atoms with Gasteiger partial charge in [0.05, 0.1) is 25.3 Å². The monoisotopic (exact) mass is 394 g/mol. The van der Waals surface area contributed by atoms with Gasteiger partial charge in [-0.05, 0) is 36.7 Å². The van der Waals surface area contributed by atoms with Crippen molar-refractivity contribution < 1.29 is 27.4 Å². The number of halogens is 3. The zero-order valence-electron chi connectivity index (χ0n) is 15.8. The zero-order valence-corrected chi connectivity index (χ0v) is 15.8. The molecule has 0 bridgehead atoms. The van der Waals surface area contributed by atoms with Gasteiger partial charge < -0.3 is 19.7 Å². The molecule has 3 rings (SSSR count). The molecule has 2 aromatic carbocycles. The Bertz CT molecular complexity index is 897. The number of carbonyl (C=O) groups is 1. The van der Waals surface area contributed by atoms with Crippen LogP contribution in [0.3, 0.4) is 0 Å². The number of amides is 1. The van der Waals surface area contributed by atoms with E-state index in [2.05, 4.69) is 10.2 Å². The fourth-order valence-electron chi connectivity index (χ4n) is 3.36. The third-order valence-electron chi connectivity index (χ3n) is 4.78. The first-order valence-corrected chi connectivity index (χ1v) is 8.68. The number of anilines is 1. The summed E-state index contributed by atoms with van der Waals surface area (Å²) < 4.78 is 50.0. The number of nitrogens with zero attached hydrogens (tertiary/aromatic N) is 1. The molecule has 5 nitrogen and oxygen atoms in total. The summed E-state index contributed by atoms with van der Waals surface area (Å²) in [6.07, 6.45) is -3.92. The molecule has 0 radical (unpaired) electrons. The summed E-state index contributed by atoms with van der Waals surface area (Å²) in [5.74, 6) is -1.06. The SMILES string of the molecule is COc1cc(OC)c(C(F)(F)F)cc1C(=O)Nc1cccc2c1CCN(C)C2. The number of hydrogen-bond acceptors (Lipinski definition) is 4. The van der Waals surface area contributed by atoms with E-state index in [1.807, 2.05) is 19.2 Å². The lowest BCUT2D eigenvalue weighted by molar-refractivity contribution is -0.138. The molecule has 28 heavy (non-hydrogen) atoms. The van der Waals surface area contributed by atoms with Crippen molar-refractivity contribution in [2.75, 3.05) is 33.1 Å². The molecule has 0 saturated heterocycles. The van der Waals surface area contributed by atoms with E-state index in [0.717, 1.165) is 49.9 Å². The minimum absolute atomic E-state index is 0.00637. The first-order chi connectivity index (χ1) is 13.2. The van der Waals surface area contributed by atoms with Gasteiger partial charge in [-0.1, -0.05) is 12.1 Å². The Morgan fingerprint density at radius 3 is 2.50 bits per heavy atom. The Morgan fingerprint density at radius 2 is 1.86 bits per heavy atom. The number of rotatable bonds is 4. The largest absolute Gasteiger partial charge is 0.496 e. The van der Waals surface area contributed by atoms with Crippen molar-refractivity contribution in [3.05, 3.63) is 52.6 Å². The molecular weight excluding hydrogens is 373 g/mol. The van der Waals surface area contributed by atoms with Crippen molar-refractivity contribution in [2.24, 2.45) is 0 Å². The Balaban J connectivity index is 1.98. The van der Waals surface area contributed by atoms with E-state index in [4.69, 9.17) is 9.47 Å². The second-order valence-corrected chi connectivity index (χ2v) is 6.64. The van der Waals surface area contributed by atoms with Crippen molar-refractivity contribution in [2.45, 2.75) is 19.1 Å². The van der Waals surface area contributed by atoms with Crippen molar-refractivity contribution in [1.82, 2.24) is 4.90 Å². The Kier molecular flexibility index (Phi) is 5.51. The molecule has 0 aliphatic carbocycles. The maximum absolute atomic E-state index is 13.3. The molecule has 1 aliphatic rings. The van der Waals surface area contributed by atoms with Gasteiger partial charge in [0, 0.05) is 24.8 Å². The summed E-state index contributed by atoms with van der Waals surface area (Å²) in [7, 11) is 4.44. The molecule has 0 aromatic heterocycles. The lowest BCUT2D eigenvalue weighted by Gasteiger charge is -2.27. The van der Waals surface area contributed by atoms with Crippen LogP contribution in [0.2, 0.25) is 0 Å². The number of hydrogen-bond donors (Lipinski definition) is 1. The summed E-state index contributed by atoms with van der Waals surface area (Å²) in [6.45, 7) is 1.59. The van der Waals surface area contributed by atoms with E-state index in [-0.39, 0.29) is 11.3 Å². The predicted molar refractivity (Wildman–Crippen MR) is 99.0 cm³/mol. The lowest BCUT2D eigenvalue weighted by atomic mass is 9.98. The van der Waals surface area contributed by atoms with Crippen molar-refractivity contribution in [3.63, 3.8) is 0 Å². The van der Waals surface area contributed by atoms with Gasteiger partial charge in [-0.25, -0.2) is 0 Å². The van der Waals surface area contributed by atoms with Crippen molar-refractivity contribution >= 4 is 11.6 Å². The smallest absolute Gasteiger partial charge is 0.419 e. The van der Waals surface area contributed by atoms with Crippen LogP contribution < -0.4 is 14.8 Å².